The zero-order valence-corrected chi connectivity index (χ0v) is 20.9. The summed E-state index contributed by atoms with van der Waals surface area (Å²) in [5, 5.41) is 3.80. The Balaban J connectivity index is 1.58. The molecule has 1 aliphatic carbocycles. The predicted molar refractivity (Wildman–Crippen MR) is 134 cm³/mol. The lowest BCUT2D eigenvalue weighted by atomic mass is 9.95. The fourth-order valence-electron chi connectivity index (χ4n) is 4.17. The van der Waals surface area contributed by atoms with E-state index in [1.54, 1.807) is 31.1 Å². The monoisotopic (exact) mass is 486 g/mol. The molecular weight excluding hydrogens is 452 g/mol. The summed E-state index contributed by atoms with van der Waals surface area (Å²) in [6, 6.07) is 14.4. The van der Waals surface area contributed by atoms with E-state index in [-0.39, 0.29) is 17.9 Å². The number of benzene rings is 2. The van der Waals surface area contributed by atoms with E-state index in [1.807, 2.05) is 36.4 Å². The van der Waals surface area contributed by atoms with E-state index in [4.69, 9.17) is 21.1 Å². The molecule has 2 aromatic rings. The van der Waals surface area contributed by atoms with Crippen molar-refractivity contribution in [2.75, 3.05) is 13.7 Å². The summed E-state index contributed by atoms with van der Waals surface area (Å²) in [6.07, 6.45) is 6.37. The molecule has 1 unspecified atom stereocenters. The average Bonchev–Trinajstić information content (AvgIpc) is 2.86. The van der Waals surface area contributed by atoms with E-state index >= 15 is 0 Å². The number of rotatable bonds is 11. The van der Waals surface area contributed by atoms with Crippen LogP contribution < -0.4 is 14.8 Å². The number of nitrogens with one attached hydrogen (secondary N) is 1. The third-order valence-electron chi connectivity index (χ3n) is 6.25. The van der Waals surface area contributed by atoms with Crippen molar-refractivity contribution in [3.05, 3.63) is 59.1 Å². The van der Waals surface area contributed by atoms with Crippen LogP contribution in [0.5, 0.6) is 11.5 Å². The fourth-order valence-corrected chi connectivity index (χ4v) is 4.29. The smallest absolute Gasteiger partial charge is 0.242 e. The Morgan fingerprint density at radius 3 is 2.32 bits per heavy atom. The van der Waals surface area contributed by atoms with Crippen molar-refractivity contribution >= 4 is 23.4 Å². The van der Waals surface area contributed by atoms with Gasteiger partial charge in [0.25, 0.3) is 0 Å². The van der Waals surface area contributed by atoms with Crippen molar-refractivity contribution in [1.29, 1.82) is 0 Å². The molecule has 0 radical (unpaired) electrons. The maximum absolute atomic E-state index is 13.2. The third-order valence-corrected chi connectivity index (χ3v) is 6.50. The van der Waals surface area contributed by atoms with Gasteiger partial charge in [-0.15, -0.1) is 0 Å². The number of nitrogens with zero attached hydrogens (tertiary/aromatic N) is 1. The second-order valence-electron chi connectivity index (χ2n) is 8.80. The first-order chi connectivity index (χ1) is 16.5. The lowest BCUT2D eigenvalue weighted by Gasteiger charge is -2.31. The van der Waals surface area contributed by atoms with Crippen molar-refractivity contribution in [3.63, 3.8) is 0 Å². The largest absolute Gasteiger partial charge is 0.497 e. The molecule has 1 saturated carbocycles. The first kappa shape index (κ1) is 25.9. The topological polar surface area (TPSA) is 67.9 Å². The Morgan fingerprint density at radius 1 is 1.03 bits per heavy atom. The van der Waals surface area contributed by atoms with E-state index in [0.717, 1.165) is 42.7 Å². The number of halogens is 1. The van der Waals surface area contributed by atoms with E-state index in [1.165, 1.54) is 6.42 Å². The van der Waals surface area contributed by atoms with Gasteiger partial charge in [-0.25, -0.2) is 0 Å². The number of methoxy groups -OCH3 is 1. The van der Waals surface area contributed by atoms with Gasteiger partial charge in [-0.05, 0) is 68.1 Å². The van der Waals surface area contributed by atoms with Crippen molar-refractivity contribution < 1.29 is 19.1 Å². The molecule has 0 saturated heterocycles. The summed E-state index contributed by atoms with van der Waals surface area (Å²) >= 11 is 6.02. The molecule has 0 bridgehead atoms. The maximum Gasteiger partial charge on any atom is 0.242 e. The number of hydrogen-bond donors (Lipinski definition) is 1. The zero-order valence-electron chi connectivity index (χ0n) is 20.1. The Labute approximate surface area is 207 Å². The van der Waals surface area contributed by atoms with Gasteiger partial charge in [0.1, 0.15) is 17.5 Å². The molecule has 184 valence electrons. The summed E-state index contributed by atoms with van der Waals surface area (Å²) in [6.45, 7) is 2.57. The molecular formula is C27H35ClN2O4. The summed E-state index contributed by atoms with van der Waals surface area (Å²) in [4.78, 5) is 27.9. The van der Waals surface area contributed by atoms with E-state index in [9.17, 15) is 9.59 Å². The van der Waals surface area contributed by atoms with Crippen LogP contribution in [0.25, 0.3) is 0 Å². The minimum atomic E-state index is -0.562. The highest BCUT2D eigenvalue weighted by Crippen LogP contribution is 2.20. The van der Waals surface area contributed by atoms with Gasteiger partial charge in [0.15, 0.2) is 0 Å². The van der Waals surface area contributed by atoms with Crippen LogP contribution in [-0.4, -0.2) is 42.5 Å². The van der Waals surface area contributed by atoms with Gasteiger partial charge < -0.3 is 19.7 Å². The Hall–Kier alpha value is -2.73. The highest BCUT2D eigenvalue weighted by molar-refractivity contribution is 6.30. The van der Waals surface area contributed by atoms with Crippen molar-refractivity contribution in [2.24, 2.45) is 0 Å². The van der Waals surface area contributed by atoms with Gasteiger partial charge in [-0.2, -0.15) is 0 Å². The number of hydrogen-bond acceptors (Lipinski definition) is 4. The zero-order chi connectivity index (χ0) is 24.3. The quantitative estimate of drug-likeness (QED) is 0.433. The lowest BCUT2D eigenvalue weighted by molar-refractivity contribution is -0.141. The minimum absolute atomic E-state index is 0.0698. The second kappa shape index (κ2) is 13.2. The highest BCUT2D eigenvalue weighted by atomic mass is 35.5. The molecule has 1 N–H and O–H groups in total. The van der Waals surface area contributed by atoms with E-state index in [0.29, 0.717) is 31.0 Å². The Bertz CT molecular complexity index is 911. The van der Waals surface area contributed by atoms with Crippen LogP contribution in [-0.2, 0) is 16.1 Å². The van der Waals surface area contributed by atoms with Gasteiger partial charge in [-0.3, -0.25) is 9.59 Å². The van der Waals surface area contributed by atoms with E-state index in [2.05, 4.69) is 5.32 Å². The SMILES string of the molecule is COc1ccc(OCCCC(=O)N(Cc2ccc(Cl)cc2)C(C)C(=O)NC2CCCCC2)cc1. The molecule has 2 aromatic carbocycles. The van der Waals surface area contributed by atoms with Gasteiger partial charge in [0, 0.05) is 24.0 Å². The van der Waals surface area contributed by atoms with Gasteiger partial charge in [0.05, 0.1) is 13.7 Å². The van der Waals surface area contributed by atoms with Gasteiger partial charge >= 0.3 is 0 Å². The second-order valence-corrected chi connectivity index (χ2v) is 9.23. The highest BCUT2D eigenvalue weighted by Gasteiger charge is 2.27. The summed E-state index contributed by atoms with van der Waals surface area (Å²) in [7, 11) is 1.62. The molecule has 1 fully saturated rings. The number of amides is 2. The molecule has 6 nitrogen and oxygen atoms in total. The molecule has 34 heavy (non-hydrogen) atoms. The summed E-state index contributed by atoms with van der Waals surface area (Å²) in [5.74, 6) is 1.33. The standard InChI is InChI=1S/C27H35ClN2O4/c1-20(27(32)29-23-7-4-3-5-8-23)30(19-21-10-12-22(28)13-11-21)26(31)9-6-18-34-25-16-14-24(33-2)15-17-25/h10-17,20,23H,3-9,18-19H2,1-2H3,(H,29,32). The summed E-state index contributed by atoms with van der Waals surface area (Å²) in [5.41, 5.74) is 0.935. The van der Waals surface area contributed by atoms with Crippen LogP contribution in [0, 0.1) is 0 Å². The van der Waals surface area contributed by atoms with Crippen LogP contribution in [0.1, 0.15) is 57.4 Å². The number of carbonyl (C=O) groups is 2. The molecule has 0 aliphatic heterocycles. The van der Waals surface area contributed by atoms with Gasteiger partial charge in [0.2, 0.25) is 11.8 Å². The lowest BCUT2D eigenvalue weighted by Crippen LogP contribution is -2.50. The minimum Gasteiger partial charge on any atom is -0.497 e. The van der Waals surface area contributed by atoms with Crippen LogP contribution in [0.3, 0.4) is 0 Å². The molecule has 0 heterocycles. The van der Waals surface area contributed by atoms with Crippen LogP contribution >= 0.6 is 11.6 Å². The Morgan fingerprint density at radius 2 is 1.68 bits per heavy atom. The molecule has 2 amide bonds. The first-order valence-electron chi connectivity index (χ1n) is 12.1. The predicted octanol–water partition coefficient (Wildman–Crippen LogP) is 5.37. The van der Waals surface area contributed by atoms with Crippen LogP contribution in [0.4, 0.5) is 0 Å². The molecule has 1 aliphatic rings. The van der Waals surface area contributed by atoms with E-state index < -0.39 is 6.04 Å². The van der Waals surface area contributed by atoms with Crippen molar-refractivity contribution in [1.82, 2.24) is 10.2 Å². The Kier molecular flexibility index (Phi) is 10.1. The van der Waals surface area contributed by atoms with Crippen LogP contribution in [0.15, 0.2) is 48.5 Å². The molecule has 0 aromatic heterocycles. The molecule has 3 rings (SSSR count). The van der Waals surface area contributed by atoms with Crippen molar-refractivity contribution in [3.8, 4) is 11.5 Å². The molecule has 1 atom stereocenters. The number of carbonyl (C=O) groups excluding carboxylic acids is 2. The maximum atomic E-state index is 13.2. The average molecular weight is 487 g/mol. The normalized spacial score (nSPS) is 14.8. The summed E-state index contributed by atoms with van der Waals surface area (Å²) < 4.78 is 10.9. The van der Waals surface area contributed by atoms with Crippen molar-refractivity contribution in [2.45, 2.75) is 70.5 Å². The molecule has 7 heteroatoms. The van der Waals surface area contributed by atoms with Crippen LogP contribution in [0.2, 0.25) is 5.02 Å². The number of ether oxygens (including phenoxy) is 2. The first-order valence-corrected chi connectivity index (χ1v) is 12.4. The fraction of sp³-hybridized carbons (Fsp3) is 0.481. The third kappa shape index (κ3) is 7.94. The van der Waals surface area contributed by atoms with Gasteiger partial charge in [-0.1, -0.05) is 43.0 Å². The molecule has 0 spiro atoms.